The number of benzene rings is 2. The Morgan fingerprint density at radius 3 is 2.52 bits per heavy atom. The smallest absolute Gasteiger partial charge is 0.221 e. The Bertz CT molecular complexity index is 647. The van der Waals surface area contributed by atoms with Gasteiger partial charge in [0.25, 0.3) is 0 Å². The zero-order valence-electron chi connectivity index (χ0n) is 14.4. The Morgan fingerprint density at radius 1 is 1.04 bits per heavy atom. The van der Waals surface area contributed by atoms with E-state index in [1.54, 1.807) is 12.1 Å². The fraction of sp³-hybridized carbons (Fsp3) is 0.400. The Balaban J connectivity index is 2.24. The van der Waals surface area contributed by atoms with Gasteiger partial charge in [0, 0.05) is 6.07 Å². The normalized spacial score (nSPS) is 10.8. The second-order valence-corrected chi connectivity index (χ2v) is 6.11. The molecule has 0 N–H and O–H groups in total. The molecular formula is C20H25O3. The predicted octanol–water partition coefficient (Wildman–Crippen LogP) is 6.23. The monoisotopic (exact) mass is 313 g/mol. The summed E-state index contributed by atoms with van der Waals surface area (Å²) in [4.78, 5) is 0. The lowest BCUT2D eigenvalue weighted by Gasteiger charge is -2.15. The number of ether oxygens (including phenoxy) is 2. The Hall–Kier alpha value is -2.16. The van der Waals surface area contributed by atoms with Gasteiger partial charge in [0.1, 0.15) is 11.5 Å². The summed E-state index contributed by atoms with van der Waals surface area (Å²) in [6, 6.07) is 10.9. The predicted molar refractivity (Wildman–Crippen MR) is 92.3 cm³/mol. The van der Waals surface area contributed by atoms with E-state index in [9.17, 15) is 5.11 Å². The average Bonchev–Trinajstić information content (AvgIpc) is 2.52. The largest absolute Gasteiger partial charge is 0.493 e. The number of aryl methyl sites for hydroxylation is 1. The van der Waals surface area contributed by atoms with E-state index in [4.69, 9.17) is 9.47 Å². The molecule has 0 aliphatic carbocycles. The molecule has 0 bridgehead atoms. The SMILES string of the molecule is CCCCOc1ccc([O])c(Oc2ccc(C)cc2C(C)C)c1. The summed E-state index contributed by atoms with van der Waals surface area (Å²) < 4.78 is 11.6. The second kappa shape index (κ2) is 7.91. The van der Waals surface area contributed by atoms with Crippen molar-refractivity contribution in [3.63, 3.8) is 0 Å². The number of rotatable bonds is 7. The van der Waals surface area contributed by atoms with Crippen LogP contribution in [0.25, 0.3) is 0 Å². The third-order valence-electron chi connectivity index (χ3n) is 3.69. The van der Waals surface area contributed by atoms with Gasteiger partial charge in [-0.05, 0) is 43.0 Å². The van der Waals surface area contributed by atoms with E-state index in [1.165, 1.54) is 11.6 Å². The molecule has 123 valence electrons. The van der Waals surface area contributed by atoms with Crippen molar-refractivity contribution >= 4 is 0 Å². The lowest BCUT2D eigenvalue weighted by molar-refractivity contribution is 0.301. The lowest BCUT2D eigenvalue weighted by atomic mass is 10.00. The first-order valence-corrected chi connectivity index (χ1v) is 8.23. The van der Waals surface area contributed by atoms with Crippen LogP contribution in [-0.4, -0.2) is 6.61 Å². The summed E-state index contributed by atoms with van der Waals surface area (Å²) in [5, 5.41) is 12.1. The fourth-order valence-corrected chi connectivity index (χ4v) is 2.32. The fourth-order valence-electron chi connectivity index (χ4n) is 2.32. The van der Waals surface area contributed by atoms with Crippen molar-refractivity contribution in [1.29, 1.82) is 0 Å². The molecule has 1 radical (unpaired) electrons. The maximum absolute atomic E-state index is 12.1. The molecule has 0 spiro atoms. The van der Waals surface area contributed by atoms with Gasteiger partial charge < -0.3 is 9.47 Å². The molecule has 23 heavy (non-hydrogen) atoms. The molecule has 0 saturated heterocycles. The zero-order valence-corrected chi connectivity index (χ0v) is 14.4. The molecule has 0 amide bonds. The van der Waals surface area contributed by atoms with Crippen LogP contribution in [0, 0.1) is 6.92 Å². The van der Waals surface area contributed by atoms with Gasteiger partial charge in [-0.15, -0.1) is 0 Å². The molecule has 0 saturated carbocycles. The summed E-state index contributed by atoms with van der Waals surface area (Å²) in [5.41, 5.74) is 2.28. The third-order valence-corrected chi connectivity index (χ3v) is 3.69. The molecule has 0 fully saturated rings. The van der Waals surface area contributed by atoms with E-state index in [0.29, 0.717) is 24.0 Å². The quantitative estimate of drug-likeness (QED) is 0.568. The summed E-state index contributed by atoms with van der Waals surface area (Å²) in [6.45, 7) is 9.05. The summed E-state index contributed by atoms with van der Waals surface area (Å²) in [5.74, 6) is 1.90. The van der Waals surface area contributed by atoms with Gasteiger partial charge in [-0.2, -0.15) is 0 Å². The van der Waals surface area contributed by atoms with E-state index in [0.717, 1.165) is 24.2 Å². The van der Waals surface area contributed by atoms with Crippen LogP contribution in [0.2, 0.25) is 0 Å². The molecule has 0 aliphatic rings. The van der Waals surface area contributed by atoms with Crippen LogP contribution in [0.4, 0.5) is 0 Å². The molecule has 0 heterocycles. The van der Waals surface area contributed by atoms with E-state index < -0.39 is 0 Å². The molecular weight excluding hydrogens is 288 g/mol. The van der Waals surface area contributed by atoms with Crippen molar-refractivity contribution in [2.24, 2.45) is 0 Å². The molecule has 2 aromatic rings. The van der Waals surface area contributed by atoms with E-state index in [2.05, 4.69) is 33.8 Å². The van der Waals surface area contributed by atoms with Crippen molar-refractivity contribution in [1.82, 2.24) is 0 Å². The molecule has 0 atom stereocenters. The highest BCUT2D eigenvalue weighted by atomic mass is 16.5. The molecule has 0 unspecified atom stereocenters. The van der Waals surface area contributed by atoms with Crippen LogP contribution in [0.15, 0.2) is 36.4 Å². The van der Waals surface area contributed by atoms with Crippen LogP contribution in [-0.2, 0) is 5.11 Å². The molecule has 0 aromatic heterocycles. The lowest BCUT2D eigenvalue weighted by Crippen LogP contribution is -1.98. The summed E-state index contributed by atoms with van der Waals surface area (Å²) in [6.07, 6.45) is 2.06. The van der Waals surface area contributed by atoms with E-state index in [-0.39, 0.29) is 5.75 Å². The van der Waals surface area contributed by atoms with Crippen LogP contribution < -0.4 is 9.47 Å². The van der Waals surface area contributed by atoms with Crippen LogP contribution >= 0.6 is 0 Å². The van der Waals surface area contributed by atoms with Gasteiger partial charge in [0.15, 0.2) is 5.75 Å². The van der Waals surface area contributed by atoms with Crippen LogP contribution in [0.3, 0.4) is 0 Å². The minimum atomic E-state index is -0.136. The first kappa shape index (κ1) is 17.2. The Labute approximate surface area is 138 Å². The van der Waals surface area contributed by atoms with Crippen molar-refractivity contribution in [2.75, 3.05) is 6.61 Å². The van der Waals surface area contributed by atoms with Crippen LogP contribution in [0.1, 0.15) is 50.7 Å². The van der Waals surface area contributed by atoms with E-state index >= 15 is 0 Å². The van der Waals surface area contributed by atoms with Crippen molar-refractivity contribution < 1.29 is 14.6 Å². The van der Waals surface area contributed by atoms with Crippen molar-refractivity contribution in [3.05, 3.63) is 47.5 Å². The number of hydrogen-bond acceptors (Lipinski definition) is 2. The van der Waals surface area contributed by atoms with Gasteiger partial charge in [0.05, 0.1) is 6.61 Å². The van der Waals surface area contributed by atoms with E-state index in [1.807, 2.05) is 12.1 Å². The van der Waals surface area contributed by atoms with Gasteiger partial charge in [-0.1, -0.05) is 44.9 Å². The summed E-state index contributed by atoms with van der Waals surface area (Å²) >= 11 is 0. The highest BCUT2D eigenvalue weighted by Crippen LogP contribution is 2.37. The third kappa shape index (κ3) is 4.65. The molecule has 0 aliphatic heterocycles. The topological polar surface area (TPSA) is 38.4 Å². The Kier molecular flexibility index (Phi) is 5.91. The van der Waals surface area contributed by atoms with Gasteiger partial charge in [0.2, 0.25) is 5.75 Å². The van der Waals surface area contributed by atoms with Gasteiger partial charge in [-0.25, -0.2) is 0 Å². The second-order valence-electron chi connectivity index (χ2n) is 6.11. The first-order valence-electron chi connectivity index (χ1n) is 8.23. The molecule has 3 nitrogen and oxygen atoms in total. The maximum atomic E-state index is 12.1. The molecule has 2 aromatic carbocycles. The molecule has 2 rings (SSSR count). The highest BCUT2D eigenvalue weighted by Gasteiger charge is 2.13. The van der Waals surface area contributed by atoms with Gasteiger partial charge >= 0.3 is 0 Å². The Morgan fingerprint density at radius 2 is 1.83 bits per heavy atom. The summed E-state index contributed by atoms with van der Waals surface area (Å²) in [7, 11) is 0. The molecule has 3 heteroatoms. The maximum Gasteiger partial charge on any atom is 0.221 e. The number of hydrogen-bond donors (Lipinski definition) is 0. The number of unbranched alkanes of at least 4 members (excludes halogenated alkanes) is 1. The highest BCUT2D eigenvalue weighted by molar-refractivity contribution is 5.49. The first-order chi connectivity index (χ1) is 11.0. The van der Waals surface area contributed by atoms with Crippen molar-refractivity contribution in [2.45, 2.75) is 46.5 Å². The zero-order chi connectivity index (χ0) is 16.8. The van der Waals surface area contributed by atoms with Crippen LogP contribution in [0.5, 0.6) is 23.0 Å². The van der Waals surface area contributed by atoms with Crippen molar-refractivity contribution in [3.8, 4) is 23.0 Å². The standard InChI is InChI=1S/C20H25O3/c1-5-6-11-22-16-8-9-18(21)20(13-16)23-19-10-7-15(4)12-17(19)14(2)3/h7-10,12-14H,5-6,11H2,1-4H3. The minimum Gasteiger partial charge on any atom is -0.493 e. The minimum absolute atomic E-state index is 0.136. The van der Waals surface area contributed by atoms with Gasteiger partial charge in [-0.3, -0.25) is 5.11 Å². The average molecular weight is 313 g/mol.